The predicted octanol–water partition coefficient (Wildman–Crippen LogP) is 2.54. The van der Waals surface area contributed by atoms with Crippen molar-refractivity contribution >= 4 is 11.9 Å². The Morgan fingerprint density at radius 3 is 2.40 bits per heavy atom. The number of methoxy groups -OCH3 is 1. The molecular formula is C19H20FNO4. The molecule has 0 saturated carbocycles. The van der Waals surface area contributed by atoms with Crippen LogP contribution in [0.25, 0.3) is 0 Å². The lowest BCUT2D eigenvalue weighted by Crippen LogP contribution is -2.28. The predicted molar refractivity (Wildman–Crippen MR) is 90.6 cm³/mol. The van der Waals surface area contributed by atoms with Gasteiger partial charge in [-0.15, -0.1) is 0 Å². The van der Waals surface area contributed by atoms with Crippen LogP contribution in [0.4, 0.5) is 4.39 Å². The molecule has 6 heteroatoms. The van der Waals surface area contributed by atoms with E-state index in [0.29, 0.717) is 16.9 Å². The SMILES string of the molecule is COC(=O)Cc1ccc(OCC(=O)NCc2ccc(C)c(F)c2)cc1. The number of nitrogens with one attached hydrogen (secondary N) is 1. The van der Waals surface area contributed by atoms with Crippen molar-refractivity contribution < 1.29 is 23.5 Å². The number of esters is 1. The van der Waals surface area contributed by atoms with Gasteiger partial charge in [0.1, 0.15) is 11.6 Å². The van der Waals surface area contributed by atoms with Gasteiger partial charge < -0.3 is 14.8 Å². The number of rotatable bonds is 7. The van der Waals surface area contributed by atoms with E-state index >= 15 is 0 Å². The van der Waals surface area contributed by atoms with Crippen LogP contribution in [0.15, 0.2) is 42.5 Å². The molecule has 0 atom stereocenters. The molecule has 0 bridgehead atoms. The van der Waals surface area contributed by atoms with Gasteiger partial charge in [-0.2, -0.15) is 0 Å². The normalized spacial score (nSPS) is 10.2. The van der Waals surface area contributed by atoms with Crippen LogP contribution in [0.2, 0.25) is 0 Å². The Morgan fingerprint density at radius 2 is 1.76 bits per heavy atom. The van der Waals surface area contributed by atoms with Gasteiger partial charge in [0.15, 0.2) is 6.61 Å². The van der Waals surface area contributed by atoms with Crippen molar-refractivity contribution in [2.75, 3.05) is 13.7 Å². The molecule has 0 aliphatic carbocycles. The van der Waals surface area contributed by atoms with Gasteiger partial charge in [-0.25, -0.2) is 4.39 Å². The Morgan fingerprint density at radius 1 is 1.08 bits per heavy atom. The van der Waals surface area contributed by atoms with Crippen molar-refractivity contribution in [1.29, 1.82) is 0 Å². The van der Waals surface area contributed by atoms with Crippen LogP contribution < -0.4 is 10.1 Å². The molecule has 2 aromatic rings. The number of aryl methyl sites for hydroxylation is 1. The van der Waals surface area contributed by atoms with Gasteiger partial charge in [-0.1, -0.05) is 24.3 Å². The van der Waals surface area contributed by atoms with Gasteiger partial charge >= 0.3 is 5.97 Å². The molecule has 25 heavy (non-hydrogen) atoms. The summed E-state index contributed by atoms with van der Waals surface area (Å²) in [5, 5.41) is 2.67. The zero-order chi connectivity index (χ0) is 18.2. The van der Waals surface area contributed by atoms with Gasteiger partial charge in [-0.3, -0.25) is 9.59 Å². The maximum absolute atomic E-state index is 13.4. The Bertz CT molecular complexity index is 744. The van der Waals surface area contributed by atoms with Crippen LogP contribution in [0, 0.1) is 12.7 Å². The number of benzene rings is 2. The van der Waals surface area contributed by atoms with Gasteiger partial charge in [0.25, 0.3) is 5.91 Å². The second-order valence-electron chi connectivity index (χ2n) is 5.55. The summed E-state index contributed by atoms with van der Waals surface area (Å²) >= 11 is 0. The molecule has 0 fully saturated rings. The first-order valence-corrected chi connectivity index (χ1v) is 7.78. The molecular weight excluding hydrogens is 325 g/mol. The molecule has 0 radical (unpaired) electrons. The Labute approximate surface area is 145 Å². The lowest BCUT2D eigenvalue weighted by Gasteiger charge is -2.09. The van der Waals surface area contributed by atoms with E-state index in [9.17, 15) is 14.0 Å². The molecule has 0 spiro atoms. The molecule has 2 rings (SSSR count). The van der Waals surface area contributed by atoms with Crippen LogP contribution in [0.1, 0.15) is 16.7 Å². The summed E-state index contributed by atoms with van der Waals surface area (Å²) in [6.07, 6.45) is 0.185. The average molecular weight is 345 g/mol. The summed E-state index contributed by atoms with van der Waals surface area (Å²) in [5.74, 6) is -0.402. The second kappa shape index (κ2) is 8.82. The summed E-state index contributed by atoms with van der Waals surface area (Å²) < 4.78 is 23.4. The Hall–Kier alpha value is -2.89. The minimum Gasteiger partial charge on any atom is -0.484 e. The standard InChI is InChI=1S/C19H20FNO4/c1-13-3-4-15(9-17(13)20)11-21-18(22)12-25-16-7-5-14(6-8-16)10-19(23)24-2/h3-9H,10-12H2,1-2H3,(H,21,22). The zero-order valence-electron chi connectivity index (χ0n) is 14.2. The molecule has 2 aromatic carbocycles. The third kappa shape index (κ3) is 5.91. The van der Waals surface area contributed by atoms with Gasteiger partial charge in [0.05, 0.1) is 13.5 Å². The molecule has 0 unspecified atom stereocenters. The van der Waals surface area contributed by atoms with Crippen molar-refractivity contribution in [3.63, 3.8) is 0 Å². The lowest BCUT2D eigenvalue weighted by molar-refractivity contribution is -0.139. The molecule has 0 aliphatic rings. The van der Waals surface area contributed by atoms with Crippen molar-refractivity contribution in [3.05, 3.63) is 65.0 Å². The Balaban J connectivity index is 1.77. The molecule has 0 aliphatic heterocycles. The fourth-order valence-corrected chi connectivity index (χ4v) is 2.09. The first-order chi connectivity index (χ1) is 12.0. The van der Waals surface area contributed by atoms with E-state index < -0.39 is 0 Å². The quantitative estimate of drug-likeness (QED) is 0.783. The van der Waals surface area contributed by atoms with E-state index in [0.717, 1.165) is 5.56 Å². The van der Waals surface area contributed by atoms with Gasteiger partial charge in [-0.05, 0) is 41.8 Å². The van der Waals surface area contributed by atoms with E-state index in [4.69, 9.17) is 4.74 Å². The number of ether oxygens (including phenoxy) is 2. The monoisotopic (exact) mass is 345 g/mol. The largest absolute Gasteiger partial charge is 0.484 e. The molecule has 0 aromatic heterocycles. The molecule has 5 nitrogen and oxygen atoms in total. The summed E-state index contributed by atoms with van der Waals surface area (Å²) in [6, 6.07) is 11.7. The van der Waals surface area contributed by atoms with Crippen molar-refractivity contribution in [2.45, 2.75) is 19.9 Å². The third-order valence-electron chi connectivity index (χ3n) is 3.60. The molecule has 132 valence electrons. The summed E-state index contributed by atoms with van der Waals surface area (Å²) in [7, 11) is 1.34. The second-order valence-corrected chi connectivity index (χ2v) is 5.55. The van der Waals surface area contributed by atoms with Gasteiger partial charge in [0, 0.05) is 6.54 Å². The number of carbonyl (C=O) groups excluding carboxylic acids is 2. The van der Waals surface area contributed by atoms with Crippen LogP contribution >= 0.6 is 0 Å². The number of amides is 1. The summed E-state index contributed by atoms with van der Waals surface area (Å²) in [6.45, 7) is 1.77. The highest BCUT2D eigenvalue weighted by molar-refractivity contribution is 5.77. The van der Waals surface area contributed by atoms with Crippen LogP contribution in [0.3, 0.4) is 0 Å². The third-order valence-corrected chi connectivity index (χ3v) is 3.60. The lowest BCUT2D eigenvalue weighted by atomic mass is 10.1. The first-order valence-electron chi connectivity index (χ1n) is 7.78. The highest BCUT2D eigenvalue weighted by atomic mass is 19.1. The van der Waals surface area contributed by atoms with Crippen LogP contribution in [-0.4, -0.2) is 25.6 Å². The number of carbonyl (C=O) groups is 2. The minimum absolute atomic E-state index is 0.148. The topological polar surface area (TPSA) is 64.6 Å². The number of hydrogen-bond acceptors (Lipinski definition) is 4. The average Bonchev–Trinajstić information content (AvgIpc) is 2.62. The fourth-order valence-electron chi connectivity index (χ4n) is 2.09. The van der Waals surface area contributed by atoms with Crippen molar-refractivity contribution in [2.24, 2.45) is 0 Å². The smallest absolute Gasteiger partial charge is 0.309 e. The molecule has 0 heterocycles. The Kier molecular flexibility index (Phi) is 6.51. The van der Waals surface area contributed by atoms with Crippen LogP contribution in [-0.2, 0) is 27.3 Å². The van der Waals surface area contributed by atoms with Crippen LogP contribution in [0.5, 0.6) is 5.75 Å². The number of hydrogen-bond donors (Lipinski definition) is 1. The van der Waals surface area contributed by atoms with Gasteiger partial charge in [0.2, 0.25) is 0 Å². The molecule has 1 amide bonds. The molecule has 1 N–H and O–H groups in total. The number of halogens is 1. The summed E-state index contributed by atoms with van der Waals surface area (Å²) in [5.41, 5.74) is 2.04. The van der Waals surface area contributed by atoms with E-state index in [2.05, 4.69) is 10.1 Å². The maximum atomic E-state index is 13.4. The maximum Gasteiger partial charge on any atom is 0.309 e. The van der Waals surface area contributed by atoms with E-state index in [1.165, 1.54) is 13.2 Å². The summed E-state index contributed by atoms with van der Waals surface area (Å²) in [4.78, 5) is 23.0. The van der Waals surface area contributed by atoms with E-state index in [1.807, 2.05) is 0 Å². The van der Waals surface area contributed by atoms with Crippen molar-refractivity contribution in [3.8, 4) is 5.75 Å². The molecule has 0 saturated heterocycles. The zero-order valence-corrected chi connectivity index (χ0v) is 14.2. The highest BCUT2D eigenvalue weighted by Gasteiger charge is 2.06. The van der Waals surface area contributed by atoms with E-state index in [1.54, 1.807) is 43.3 Å². The minimum atomic E-state index is -0.319. The fraction of sp³-hybridized carbons (Fsp3) is 0.263. The van der Waals surface area contributed by atoms with Crippen molar-refractivity contribution in [1.82, 2.24) is 5.32 Å². The first kappa shape index (κ1) is 18.4. The highest BCUT2D eigenvalue weighted by Crippen LogP contribution is 2.13. The van der Waals surface area contributed by atoms with E-state index in [-0.39, 0.29) is 37.3 Å².